The summed E-state index contributed by atoms with van der Waals surface area (Å²) in [4.78, 5) is 0. The first kappa shape index (κ1) is 13.0. The van der Waals surface area contributed by atoms with E-state index in [4.69, 9.17) is 9.47 Å². The fourth-order valence-electron chi connectivity index (χ4n) is 1.69. The molecule has 0 saturated heterocycles. The quantitative estimate of drug-likeness (QED) is 0.725. The molecule has 0 spiro atoms. The lowest BCUT2D eigenvalue weighted by molar-refractivity contribution is 0.0501. The molecule has 2 heteroatoms. The fraction of sp³-hybridized carbons (Fsp3) is 0.571. The van der Waals surface area contributed by atoms with Crippen LogP contribution in [0.2, 0.25) is 0 Å². The SMILES string of the molecule is COCOc1cccc(C)c1CC(C)(C)C. The van der Waals surface area contributed by atoms with E-state index in [0.717, 1.165) is 12.2 Å². The molecular weight excluding hydrogens is 200 g/mol. The van der Waals surface area contributed by atoms with Crippen LogP contribution in [0.15, 0.2) is 18.2 Å². The second-order valence-electron chi connectivity index (χ2n) is 5.34. The van der Waals surface area contributed by atoms with E-state index in [0.29, 0.717) is 6.79 Å². The summed E-state index contributed by atoms with van der Waals surface area (Å²) in [6.07, 6.45) is 1.01. The van der Waals surface area contributed by atoms with Crippen molar-refractivity contribution in [3.8, 4) is 5.75 Å². The lowest BCUT2D eigenvalue weighted by Gasteiger charge is -2.22. The highest BCUT2D eigenvalue weighted by Gasteiger charge is 2.16. The molecule has 2 nitrogen and oxygen atoms in total. The van der Waals surface area contributed by atoms with Gasteiger partial charge in [-0.1, -0.05) is 32.9 Å². The summed E-state index contributed by atoms with van der Waals surface area (Å²) in [6, 6.07) is 6.15. The largest absolute Gasteiger partial charge is 0.467 e. The molecule has 0 radical (unpaired) electrons. The Bertz CT molecular complexity index is 337. The van der Waals surface area contributed by atoms with Crippen molar-refractivity contribution in [1.29, 1.82) is 0 Å². The zero-order valence-electron chi connectivity index (χ0n) is 11.0. The van der Waals surface area contributed by atoms with Crippen LogP contribution in [-0.4, -0.2) is 13.9 Å². The molecule has 0 saturated carbocycles. The molecule has 1 aromatic rings. The van der Waals surface area contributed by atoms with Crippen LogP contribution in [0.4, 0.5) is 0 Å². The van der Waals surface area contributed by atoms with Crippen molar-refractivity contribution in [2.75, 3.05) is 13.9 Å². The lowest BCUT2D eigenvalue weighted by atomic mass is 9.86. The van der Waals surface area contributed by atoms with Crippen molar-refractivity contribution < 1.29 is 9.47 Å². The van der Waals surface area contributed by atoms with Crippen LogP contribution >= 0.6 is 0 Å². The normalized spacial score (nSPS) is 11.6. The summed E-state index contributed by atoms with van der Waals surface area (Å²) in [6.45, 7) is 9.14. The smallest absolute Gasteiger partial charge is 0.188 e. The number of aryl methyl sites for hydroxylation is 1. The Kier molecular flexibility index (Phi) is 4.36. The second-order valence-corrected chi connectivity index (χ2v) is 5.34. The average molecular weight is 222 g/mol. The van der Waals surface area contributed by atoms with Gasteiger partial charge in [0.15, 0.2) is 6.79 Å². The fourth-order valence-corrected chi connectivity index (χ4v) is 1.69. The lowest BCUT2D eigenvalue weighted by Crippen LogP contribution is -2.12. The monoisotopic (exact) mass is 222 g/mol. The minimum atomic E-state index is 0.261. The van der Waals surface area contributed by atoms with Crippen molar-refractivity contribution in [1.82, 2.24) is 0 Å². The van der Waals surface area contributed by atoms with Gasteiger partial charge >= 0.3 is 0 Å². The van der Waals surface area contributed by atoms with Gasteiger partial charge in [-0.25, -0.2) is 0 Å². The number of rotatable bonds is 4. The summed E-state index contributed by atoms with van der Waals surface area (Å²) in [7, 11) is 1.64. The number of methoxy groups -OCH3 is 1. The zero-order chi connectivity index (χ0) is 12.2. The minimum absolute atomic E-state index is 0.261. The maximum absolute atomic E-state index is 5.59. The highest BCUT2D eigenvalue weighted by atomic mass is 16.7. The minimum Gasteiger partial charge on any atom is -0.467 e. The Morgan fingerprint density at radius 3 is 2.44 bits per heavy atom. The highest BCUT2D eigenvalue weighted by molar-refractivity contribution is 5.40. The van der Waals surface area contributed by atoms with Gasteiger partial charge in [0.05, 0.1) is 0 Å². The molecule has 0 N–H and O–H groups in total. The van der Waals surface area contributed by atoms with Gasteiger partial charge in [0.2, 0.25) is 0 Å². The van der Waals surface area contributed by atoms with Gasteiger partial charge in [-0.2, -0.15) is 0 Å². The number of hydrogen-bond donors (Lipinski definition) is 0. The van der Waals surface area contributed by atoms with E-state index in [-0.39, 0.29) is 5.41 Å². The summed E-state index contributed by atoms with van der Waals surface area (Å²) >= 11 is 0. The first-order valence-corrected chi connectivity index (χ1v) is 5.64. The Hall–Kier alpha value is -1.02. The topological polar surface area (TPSA) is 18.5 Å². The Morgan fingerprint density at radius 2 is 1.88 bits per heavy atom. The highest BCUT2D eigenvalue weighted by Crippen LogP contribution is 2.29. The van der Waals surface area contributed by atoms with E-state index >= 15 is 0 Å². The molecule has 0 aliphatic heterocycles. The summed E-state index contributed by atoms with van der Waals surface area (Å²) in [5.74, 6) is 0.941. The third-order valence-electron chi connectivity index (χ3n) is 2.41. The molecule has 0 aromatic heterocycles. The van der Waals surface area contributed by atoms with E-state index in [1.54, 1.807) is 7.11 Å². The number of hydrogen-bond acceptors (Lipinski definition) is 2. The van der Waals surface area contributed by atoms with Crippen molar-refractivity contribution in [3.05, 3.63) is 29.3 Å². The molecular formula is C14H22O2. The molecule has 0 fully saturated rings. The molecule has 0 bridgehead atoms. The Morgan fingerprint density at radius 1 is 1.19 bits per heavy atom. The molecule has 0 atom stereocenters. The molecule has 0 unspecified atom stereocenters. The predicted octanol–water partition coefficient (Wildman–Crippen LogP) is 3.57. The van der Waals surface area contributed by atoms with E-state index in [1.807, 2.05) is 12.1 Å². The molecule has 0 aliphatic rings. The molecule has 1 aromatic carbocycles. The summed E-state index contributed by atoms with van der Waals surface area (Å²) < 4.78 is 10.5. The second kappa shape index (κ2) is 5.35. The van der Waals surface area contributed by atoms with E-state index < -0.39 is 0 Å². The van der Waals surface area contributed by atoms with E-state index in [1.165, 1.54) is 11.1 Å². The van der Waals surface area contributed by atoms with Crippen molar-refractivity contribution in [3.63, 3.8) is 0 Å². The molecule has 90 valence electrons. The van der Waals surface area contributed by atoms with Crippen LogP contribution in [-0.2, 0) is 11.2 Å². The zero-order valence-corrected chi connectivity index (χ0v) is 11.0. The van der Waals surface area contributed by atoms with Gasteiger partial charge in [-0.3, -0.25) is 0 Å². The van der Waals surface area contributed by atoms with Gasteiger partial charge in [0.1, 0.15) is 5.75 Å². The van der Waals surface area contributed by atoms with Crippen LogP contribution in [0.5, 0.6) is 5.75 Å². The molecule has 1 rings (SSSR count). The van der Waals surface area contributed by atoms with Crippen LogP contribution in [0.3, 0.4) is 0 Å². The maximum atomic E-state index is 5.59. The third kappa shape index (κ3) is 3.86. The first-order valence-electron chi connectivity index (χ1n) is 5.64. The van der Waals surface area contributed by atoms with Crippen LogP contribution in [0.25, 0.3) is 0 Å². The predicted molar refractivity (Wildman–Crippen MR) is 66.8 cm³/mol. The molecule has 0 heterocycles. The maximum Gasteiger partial charge on any atom is 0.188 e. The van der Waals surface area contributed by atoms with Crippen molar-refractivity contribution >= 4 is 0 Å². The first-order chi connectivity index (χ1) is 7.44. The average Bonchev–Trinajstić information content (AvgIpc) is 2.17. The van der Waals surface area contributed by atoms with Gasteiger partial charge < -0.3 is 9.47 Å². The van der Waals surface area contributed by atoms with Gasteiger partial charge in [0.25, 0.3) is 0 Å². The van der Waals surface area contributed by atoms with Crippen molar-refractivity contribution in [2.24, 2.45) is 5.41 Å². The Labute approximate surface area is 98.6 Å². The standard InChI is InChI=1S/C14H22O2/c1-11-7-6-8-13(16-10-15-5)12(11)9-14(2,3)4/h6-8H,9-10H2,1-5H3. The van der Waals surface area contributed by atoms with E-state index in [2.05, 4.69) is 33.8 Å². The van der Waals surface area contributed by atoms with Crippen LogP contribution in [0.1, 0.15) is 31.9 Å². The molecule has 0 amide bonds. The molecule has 16 heavy (non-hydrogen) atoms. The Balaban J connectivity index is 2.94. The number of ether oxygens (including phenoxy) is 2. The number of benzene rings is 1. The summed E-state index contributed by atoms with van der Waals surface area (Å²) in [5, 5.41) is 0. The van der Waals surface area contributed by atoms with Crippen LogP contribution < -0.4 is 4.74 Å². The van der Waals surface area contributed by atoms with Crippen molar-refractivity contribution in [2.45, 2.75) is 34.1 Å². The van der Waals surface area contributed by atoms with Gasteiger partial charge in [-0.15, -0.1) is 0 Å². The van der Waals surface area contributed by atoms with Gasteiger partial charge in [-0.05, 0) is 36.0 Å². The third-order valence-corrected chi connectivity index (χ3v) is 2.41. The van der Waals surface area contributed by atoms with Gasteiger partial charge in [0, 0.05) is 7.11 Å². The summed E-state index contributed by atoms with van der Waals surface area (Å²) in [5.41, 5.74) is 2.83. The van der Waals surface area contributed by atoms with E-state index in [9.17, 15) is 0 Å². The van der Waals surface area contributed by atoms with Crippen LogP contribution in [0, 0.1) is 12.3 Å². The molecule has 0 aliphatic carbocycles.